The van der Waals surface area contributed by atoms with Crippen molar-refractivity contribution in [3.63, 3.8) is 0 Å². The molecule has 17 heavy (non-hydrogen) atoms. The van der Waals surface area contributed by atoms with Gasteiger partial charge in [0.2, 0.25) is 0 Å². The van der Waals surface area contributed by atoms with Gasteiger partial charge in [-0.15, -0.1) is 0 Å². The Morgan fingerprint density at radius 1 is 0.941 bits per heavy atom. The van der Waals surface area contributed by atoms with Crippen molar-refractivity contribution in [2.75, 3.05) is 0 Å². The summed E-state index contributed by atoms with van der Waals surface area (Å²) in [5.41, 5.74) is -0.444. The van der Waals surface area contributed by atoms with Crippen LogP contribution in [0.15, 0.2) is 0 Å². The molecule has 0 heterocycles. The third kappa shape index (κ3) is 12.2. The third-order valence-corrected chi connectivity index (χ3v) is 3.01. The summed E-state index contributed by atoms with van der Waals surface area (Å²) in [6, 6.07) is 0. The zero-order chi connectivity index (χ0) is 14.1. The molecule has 0 radical (unpaired) electrons. The average Bonchev–Trinajstić information content (AvgIpc) is 2.19. The Morgan fingerprint density at radius 3 is 1.47 bits per heavy atom. The quantitative estimate of drug-likeness (QED) is 0.666. The lowest BCUT2D eigenvalue weighted by Gasteiger charge is -2.34. The van der Waals surface area contributed by atoms with Gasteiger partial charge in [0.15, 0.2) is 0 Å². The van der Waals surface area contributed by atoms with Gasteiger partial charge in [-0.2, -0.15) is 0 Å². The molecule has 1 aliphatic carbocycles. The van der Waals surface area contributed by atoms with E-state index < -0.39 is 5.60 Å². The van der Waals surface area contributed by atoms with Crippen LogP contribution >= 0.6 is 0 Å². The zero-order valence-corrected chi connectivity index (χ0v) is 13.5. The van der Waals surface area contributed by atoms with E-state index in [1.807, 2.05) is 27.7 Å². The number of rotatable bonds is 1. The maximum atomic E-state index is 9.73. The average molecular weight is 244 g/mol. The van der Waals surface area contributed by atoms with Crippen LogP contribution in [-0.4, -0.2) is 10.7 Å². The van der Waals surface area contributed by atoms with E-state index in [-0.39, 0.29) is 0 Å². The lowest BCUT2D eigenvalue weighted by Crippen LogP contribution is -2.33. The molecule has 0 atom stereocenters. The summed E-state index contributed by atoms with van der Waals surface area (Å²) in [7, 11) is 0. The Bertz CT molecular complexity index is 145. The molecular formula is C16H36O. The van der Waals surface area contributed by atoms with Crippen LogP contribution in [0.25, 0.3) is 0 Å². The molecule has 1 fully saturated rings. The fraction of sp³-hybridized carbons (Fsp3) is 1.00. The van der Waals surface area contributed by atoms with E-state index >= 15 is 0 Å². The highest BCUT2D eigenvalue weighted by molar-refractivity contribution is 4.81. The third-order valence-electron chi connectivity index (χ3n) is 3.01. The van der Waals surface area contributed by atoms with Crippen molar-refractivity contribution in [1.29, 1.82) is 0 Å². The molecular weight excluding hydrogens is 208 g/mol. The van der Waals surface area contributed by atoms with E-state index in [9.17, 15) is 5.11 Å². The summed E-state index contributed by atoms with van der Waals surface area (Å²) in [5.74, 6) is 2.26. The second kappa shape index (κ2) is 9.94. The van der Waals surface area contributed by atoms with Gasteiger partial charge < -0.3 is 5.11 Å². The van der Waals surface area contributed by atoms with Gasteiger partial charge in [-0.3, -0.25) is 0 Å². The van der Waals surface area contributed by atoms with E-state index in [4.69, 9.17) is 0 Å². The summed E-state index contributed by atoms with van der Waals surface area (Å²) in [6.45, 7) is 16.7. The van der Waals surface area contributed by atoms with Crippen molar-refractivity contribution >= 4 is 0 Å². The maximum Gasteiger partial charge on any atom is 0.0619 e. The summed E-state index contributed by atoms with van der Waals surface area (Å²) >= 11 is 0. The standard InChI is InChI=1S/C10H20O.C4H10.C2H6/c1-8-4-6-9(7-5-8)10(2,3)11;1-4(2)3;1-2/h8-9,11H,4-7H2,1-3H3;4H,1-3H3;1-2H3. The highest BCUT2D eigenvalue weighted by Crippen LogP contribution is 2.34. The van der Waals surface area contributed by atoms with Crippen molar-refractivity contribution in [1.82, 2.24) is 0 Å². The Morgan fingerprint density at radius 2 is 1.24 bits per heavy atom. The van der Waals surface area contributed by atoms with Crippen LogP contribution in [0.4, 0.5) is 0 Å². The smallest absolute Gasteiger partial charge is 0.0619 e. The van der Waals surface area contributed by atoms with E-state index in [1.54, 1.807) is 0 Å². The molecule has 1 N–H and O–H groups in total. The van der Waals surface area contributed by atoms with E-state index in [1.165, 1.54) is 25.7 Å². The molecule has 0 aliphatic heterocycles. The van der Waals surface area contributed by atoms with Crippen LogP contribution in [-0.2, 0) is 0 Å². The molecule has 0 aromatic carbocycles. The lowest BCUT2D eigenvalue weighted by atomic mass is 9.75. The minimum absolute atomic E-state index is 0.444. The molecule has 106 valence electrons. The van der Waals surface area contributed by atoms with Crippen LogP contribution in [0.1, 0.15) is 81.1 Å². The Kier molecular flexibility index (Phi) is 11.3. The first-order chi connectivity index (χ1) is 7.73. The van der Waals surface area contributed by atoms with Crippen LogP contribution in [0.3, 0.4) is 0 Å². The Hall–Kier alpha value is -0.0400. The van der Waals surface area contributed by atoms with Crippen LogP contribution < -0.4 is 0 Å². The maximum absolute atomic E-state index is 9.73. The fourth-order valence-corrected chi connectivity index (χ4v) is 1.97. The molecule has 0 spiro atoms. The van der Waals surface area contributed by atoms with Gasteiger partial charge >= 0.3 is 0 Å². The minimum Gasteiger partial charge on any atom is -0.390 e. The van der Waals surface area contributed by atoms with E-state index in [0.717, 1.165) is 11.8 Å². The number of hydrogen-bond acceptors (Lipinski definition) is 1. The van der Waals surface area contributed by atoms with Gasteiger partial charge in [-0.25, -0.2) is 0 Å². The molecule has 0 unspecified atom stereocenters. The first-order valence-electron chi connectivity index (χ1n) is 7.45. The van der Waals surface area contributed by atoms with Crippen molar-refractivity contribution in [3.8, 4) is 0 Å². The molecule has 0 bridgehead atoms. The summed E-state index contributed by atoms with van der Waals surface area (Å²) in [4.78, 5) is 0. The second-order valence-electron chi connectivity index (χ2n) is 6.34. The van der Waals surface area contributed by atoms with E-state index in [0.29, 0.717) is 5.92 Å². The van der Waals surface area contributed by atoms with Gasteiger partial charge in [0.05, 0.1) is 5.60 Å². The number of hydrogen-bond donors (Lipinski definition) is 1. The molecule has 1 aliphatic rings. The highest BCUT2D eigenvalue weighted by atomic mass is 16.3. The molecule has 1 heteroatoms. The Labute approximate surface area is 110 Å². The molecule has 0 aromatic rings. The normalized spacial score (nSPS) is 24.4. The molecule has 0 aromatic heterocycles. The summed E-state index contributed by atoms with van der Waals surface area (Å²) in [6.07, 6.45) is 5.03. The van der Waals surface area contributed by atoms with Crippen molar-refractivity contribution in [3.05, 3.63) is 0 Å². The number of aliphatic hydroxyl groups is 1. The Balaban J connectivity index is 0. The summed E-state index contributed by atoms with van der Waals surface area (Å²) in [5, 5.41) is 9.73. The van der Waals surface area contributed by atoms with Crippen LogP contribution in [0.5, 0.6) is 0 Å². The molecule has 1 rings (SSSR count). The van der Waals surface area contributed by atoms with E-state index in [2.05, 4.69) is 27.7 Å². The predicted molar refractivity (Wildman–Crippen MR) is 79.3 cm³/mol. The SMILES string of the molecule is CC.CC(C)C.CC1CCC(C(C)(C)O)CC1. The predicted octanol–water partition coefficient (Wildman–Crippen LogP) is 5.27. The van der Waals surface area contributed by atoms with Crippen molar-refractivity contribution in [2.45, 2.75) is 86.7 Å². The molecule has 1 saturated carbocycles. The largest absolute Gasteiger partial charge is 0.390 e. The molecule has 1 nitrogen and oxygen atoms in total. The molecule has 0 saturated heterocycles. The topological polar surface area (TPSA) is 20.2 Å². The summed E-state index contributed by atoms with van der Waals surface area (Å²) < 4.78 is 0. The van der Waals surface area contributed by atoms with Gasteiger partial charge in [0, 0.05) is 0 Å². The second-order valence-corrected chi connectivity index (χ2v) is 6.34. The zero-order valence-electron chi connectivity index (χ0n) is 13.5. The monoisotopic (exact) mass is 244 g/mol. The first-order valence-corrected chi connectivity index (χ1v) is 7.45. The van der Waals surface area contributed by atoms with Crippen LogP contribution in [0, 0.1) is 17.8 Å². The van der Waals surface area contributed by atoms with Crippen LogP contribution in [0.2, 0.25) is 0 Å². The van der Waals surface area contributed by atoms with Gasteiger partial charge in [0.1, 0.15) is 0 Å². The van der Waals surface area contributed by atoms with Crippen molar-refractivity contribution in [2.24, 2.45) is 17.8 Å². The van der Waals surface area contributed by atoms with Gasteiger partial charge in [-0.05, 0) is 44.4 Å². The van der Waals surface area contributed by atoms with Gasteiger partial charge in [-0.1, -0.05) is 54.4 Å². The minimum atomic E-state index is -0.444. The highest BCUT2D eigenvalue weighted by Gasteiger charge is 2.29. The van der Waals surface area contributed by atoms with Gasteiger partial charge in [0.25, 0.3) is 0 Å². The van der Waals surface area contributed by atoms with Crippen molar-refractivity contribution < 1.29 is 5.11 Å². The lowest BCUT2D eigenvalue weighted by molar-refractivity contribution is -0.00466. The molecule has 0 amide bonds. The fourth-order valence-electron chi connectivity index (χ4n) is 1.97. The first kappa shape index (κ1) is 19.3.